The van der Waals surface area contributed by atoms with Gasteiger partial charge in [0.2, 0.25) is 0 Å². The maximum atomic E-state index is 6.11. The summed E-state index contributed by atoms with van der Waals surface area (Å²) in [6.07, 6.45) is 5.45. The molecule has 1 saturated carbocycles. The lowest BCUT2D eigenvalue weighted by atomic mass is 9.78. The van der Waals surface area contributed by atoms with Gasteiger partial charge in [-0.05, 0) is 67.8 Å². The molecule has 2 aliphatic carbocycles. The summed E-state index contributed by atoms with van der Waals surface area (Å²) in [5.74, 6) is 1.76. The van der Waals surface area contributed by atoms with Crippen molar-refractivity contribution in [2.75, 3.05) is 7.05 Å². The zero-order valence-corrected chi connectivity index (χ0v) is 10.4. The molecule has 1 aromatic rings. The fourth-order valence-electron chi connectivity index (χ4n) is 3.13. The standard InChI is InChI=1S/C14H18ClN/c1-16-14-7-6-11(9-2-3-9)12-5-4-10(15)8-13(12)14/h4-5,8-9,11,14,16H,2-3,6-7H2,1H3. The summed E-state index contributed by atoms with van der Waals surface area (Å²) in [5, 5.41) is 4.28. The van der Waals surface area contributed by atoms with E-state index in [0.717, 1.165) is 16.9 Å². The van der Waals surface area contributed by atoms with Gasteiger partial charge in [-0.2, -0.15) is 0 Å². The highest BCUT2D eigenvalue weighted by molar-refractivity contribution is 6.30. The minimum atomic E-state index is 0.503. The highest BCUT2D eigenvalue weighted by Crippen LogP contribution is 2.50. The molecule has 16 heavy (non-hydrogen) atoms. The average Bonchev–Trinajstić information content (AvgIpc) is 3.11. The molecule has 0 heterocycles. The van der Waals surface area contributed by atoms with E-state index in [0.29, 0.717) is 6.04 Å². The predicted octanol–water partition coefficient (Wildman–Crippen LogP) is 3.89. The van der Waals surface area contributed by atoms with E-state index in [1.54, 1.807) is 5.56 Å². The van der Waals surface area contributed by atoms with Crippen LogP contribution in [0, 0.1) is 5.92 Å². The van der Waals surface area contributed by atoms with Crippen LogP contribution in [0.4, 0.5) is 0 Å². The van der Waals surface area contributed by atoms with Gasteiger partial charge < -0.3 is 5.32 Å². The van der Waals surface area contributed by atoms with Gasteiger partial charge in [-0.3, -0.25) is 0 Å². The van der Waals surface area contributed by atoms with Crippen molar-refractivity contribution in [3.63, 3.8) is 0 Å². The SMILES string of the molecule is CNC1CCC(C2CC2)c2ccc(Cl)cc21. The highest BCUT2D eigenvalue weighted by atomic mass is 35.5. The molecule has 2 heteroatoms. The van der Waals surface area contributed by atoms with Crippen molar-refractivity contribution in [2.45, 2.75) is 37.6 Å². The molecule has 2 atom stereocenters. The van der Waals surface area contributed by atoms with E-state index in [9.17, 15) is 0 Å². The van der Waals surface area contributed by atoms with Crippen LogP contribution in [0.15, 0.2) is 18.2 Å². The van der Waals surface area contributed by atoms with E-state index in [4.69, 9.17) is 11.6 Å². The Kier molecular flexibility index (Phi) is 2.68. The Bertz CT molecular complexity index is 398. The maximum absolute atomic E-state index is 6.11. The minimum Gasteiger partial charge on any atom is -0.313 e. The normalized spacial score (nSPS) is 28.9. The molecule has 0 spiro atoms. The summed E-state index contributed by atoms with van der Waals surface area (Å²) >= 11 is 6.11. The summed E-state index contributed by atoms with van der Waals surface area (Å²) in [5.41, 5.74) is 3.00. The number of hydrogen-bond acceptors (Lipinski definition) is 1. The number of hydrogen-bond donors (Lipinski definition) is 1. The predicted molar refractivity (Wildman–Crippen MR) is 68.0 cm³/mol. The van der Waals surface area contributed by atoms with Crippen LogP contribution in [-0.4, -0.2) is 7.05 Å². The van der Waals surface area contributed by atoms with E-state index in [1.807, 2.05) is 13.1 Å². The molecule has 86 valence electrons. The summed E-state index contributed by atoms with van der Waals surface area (Å²) in [7, 11) is 2.05. The van der Waals surface area contributed by atoms with Gasteiger partial charge in [-0.25, -0.2) is 0 Å². The lowest BCUT2D eigenvalue weighted by Gasteiger charge is -2.31. The molecule has 0 saturated heterocycles. The largest absolute Gasteiger partial charge is 0.313 e. The van der Waals surface area contributed by atoms with Gasteiger partial charge in [0.1, 0.15) is 0 Å². The Morgan fingerprint density at radius 1 is 1.12 bits per heavy atom. The average molecular weight is 236 g/mol. The van der Waals surface area contributed by atoms with Crippen LogP contribution < -0.4 is 5.32 Å². The molecule has 0 radical (unpaired) electrons. The molecule has 0 aliphatic heterocycles. The highest BCUT2D eigenvalue weighted by Gasteiger charge is 2.36. The second kappa shape index (κ2) is 4.05. The number of halogens is 1. The first-order valence-corrected chi connectivity index (χ1v) is 6.64. The third kappa shape index (κ3) is 1.76. The van der Waals surface area contributed by atoms with E-state index in [-0.39, 0.29) is 0 Å². The molecule has 0 bridgehead atoms. The number of fused-ring (bicyclic) bond motifs is 1. The van der Waals surface area contributed by atoms with Crippen LogP contribution in [0.2, 0.25) is 5.02 Å². The quantitative estimate of drug-likeness (QED) is 0.820. The van der Waals surface area contributed by atoms with Gasteiger partial charge in [0, 0.05) is 11.1 Å². The van der Waals surface area contributed by atoms with Crippen LogP contribution in [-0.2, 0) is 0 Å². The molecule has 2 aliphatic rings. The zero-order valence-electron chi connectivity index (χ0n) is 9.67. The Morgan fingerprint density at radius 2 is 1.94 bits per heavy atom. The first kappa shape index (κ1) is 10.6. The van der Waals surface area contributed by atoms with Crippen molar-refractivity contribution in [2.24, 2.45) is 5.92 Å². The lowest BCUT2D eigenvalue weighted by Crippen LogP contribution is -2.24. The third-order valence-electron chi connectivity index (χ3n) is 4.13. The molecule has 1 fully saturated rings. The van der Waals surface area contributed by atoms with Gasteiger partial charge in [0.15, 0.2) is 0 Å². The zero-order chi connectivity index (χ0) is 11.1. The first-order chi connectivity index (χ1) is 7.79. The van der Waals surface area contributed by atoms with Crippen LogP contribution in [0.1, 0.15) is 48.8 Å². The smallest absolute Gasteiger partial charge is 0.0409 e. The van der Waals surface area contributed by atoms with E-state index in [1.165, 1.54) is 31.2 Å². The molecule has 1 nitrogen and oxygen atoms in total. The second-order valence-electron chi connectivity index (χ2n) is 5.14. The summed E-state index contributed by atoms with van der Waals surface area (Å²) in [4.78, 5) is 0. The van der Waals surface area contributed by atoms with Crippen molar-refractivity contribution >= 4 is 11.6 Å². The third-order valence-corrected chi connectivity index (χ3v) is 4.36. The molecular weight excluding hydrogens is 218 g/mol. The monoisotopic (exact) mass is 235 g/mol. The number of nitrogens with one attached hydrogen (secondary N) is 1. The van der Waals surface area contributed by atoms with Gasteiger partial charge in [-0.1, -0.05) is 17.7 Å². The van der Waals surface area contributed by atoms with Crippen LogP contribution in [0.25, 0.3) is 0 Å². The van der Waals surface area contributed by atoms with Crippen molar-refractivity contribution in [1.29, 1.82) is 0 Å². The van der Waals surface area contributed by atoms with Crippen molar-refractivity contribution in [3.05, 3.63) is 34.3 Å². The fourth-order valence-corrected chi connectivity index (χ4v) is 3.31. The van der Waals surface area contributed by atoms with Crippen molar-refractivity contribution < 1.29 is 0 Å². The molecule has 0 amide bonds. The van der Waals surface area contributed by atoms with E-state index in [2.05, 4.69) is 17.4 Å². The summed E-state index contributed by atoms with van der Waals surface area (Å²) in [6.45, 7) is 0. The molecule has 1 aromatic carbocycles. The van der Waals surface area contributed by atoms with Crippen LogP contribution >= 0.6 is 11.6 Å². The van der Waals surface area contributed by atoms with Gasteiger partial charge >= 0.3 is 0 Å². The van der Waals surface area contributed by atoms with Crippen molar-refractivity contribution in [1.82, 2.24) is 5.32 Å². The minimum absolute atomic E-state index is 0.503. The lowest BCUT2D eigenvalue weighted by molar-refractivity contribution is 0.421. The van der Waals surface area contributed by atoms with Gasteiger partial charge in [-0.15, -0.1) is 0 Å². The number of benzene rings is 1. The van der Waals surface area contributed by atoms with Crippen LogP contribution in [0.3, 0.4) is 0 Å². The Balaban J connectivity index is 2.02. The maximum Gasteiger partial charge on any atom is 0.0409 e. The molecular formula is C14H18ClN. The number of rotatable bonds is 2. The summed E-state index contributed by atoms with van der Waals surface area (Å²) in [6, 6.07) is 6.97. The Hall–Kier alpha value is -0.530. The second-order valence-corrected chi connectivity index (χ2v) is 5.57. The Morgan fingerprint density at radius 3 is 2.62 bits per heavy atom. The molecule has 2 unspecified atom stereocenters. The first-order valence-electron chi connectivity index (χ1n) is 6.26. The van der Waals surface area contributed by atoms with Gasteiger partial charge in [0.05, 0.1) is 0 Å². The fraction of sp³-hybridized carbons (Fsp3) is 0.571. The Labute approximate surface area is 102 Å². The molecule has 0 aromatic heterocycles. The van der Waals surface area contributed by atoms with E-state index < -0.39 is 0 Å². The topological polar surface area (TPSA) is 12.0 Å². The van der Waals surface area contributed by atoms with Crippen LogP contribution in [0.5, 0.6) is 0 Å². The molecule has 1 N–H and O–H groups in total. The summed E-state index contributed by atoms with van der Waals surface area (Å²) < 4.78 is 0. The molecule has 3 rings (SSSR count). The van der Waals surface area contributed by atoms with Crippen molar-refractivity contribution in [3.8, 4) is 0 Å². The van der Waals surface area contributed by atoms with E-state index >= 15 is 0 Å². The van der Waals surface area contributed by atoms with Gasteiger partial charge in [0.25, 0.3) is 0 Å².